The lowest BCUT2D eigenvalue weighted by molar-refractivity contribution is 0.669. The van der Waals surface area contributed by atoms with Gasteiger partial charge in [-0.05, 0) is 157 Å². The van der Waals surface area contributed by atoms with Crippen molar-refractivity contribution in [1.82, 2.24) is 4.57 Å². The molecule has 0 aliphatic rings. The molecule has 0 radical (unpaired) electrons. The third-order valence-electron chi connectivity index (χ3n) is 14.4. The maximum atomic E-state index is 6.29. The van der Waals surface area contributed by atoms with Gasteiger partial charge >= 0.3 is 0 Å². The van der Waals surface area contributed by atoms with Crippen molar-refractivity contribution >= 4 is 82.4 Å². The number of para-hydroxylation sites is 3. The van der Waals surface area contributed by atoms with Gasteiger partial charge in [0.2, 0.25) is 0 Å². The summed E-state index contributed by atoms with van der Waals surface area (Å²) in [5.74, 6) is 0. The zero-order valence-electron chi connectivity index (χ0n) is 38.7. The van der Waals surface area contributed by atoms with Crippen LogP contribution in [0.25, 0.3) is 115 Å². The van der Waals surface area contributed by atoms with E-state index < -0.39 is 0 Å². The van der Waals surface area contributed by atoms with Crippen molar-refractivity contribution in [3.8, 4) is 50.2 Å². The van der Waals surface area contributed by atoms with Crippen LogP contribution in [0.2, 0.25) is 0 Å². The van der Waals surface area contributed by atoms with Crippen molar-refractivity contribution in [3.63, 3.8) is 0 Å². The smallest absolute Gasteiger partial charge is 0.136 e. The molecule has 0 saturated carbocycles. The predicted molar refractivity (Wildman–Crippen MR) is 299 cm³/mol. The first kappa shape index (κ1) is 40.6. The van der Waals surface area contributed by atoms with Crippen LogP contribution in [0.4, 0.5) is 17.1 Å². The van der Waals surface area contributed by atoms with E-state index in [1.807, 2.05) is 12.1 Å². The molecule has 0 spiro atoms. The van der Waals surface area contributed by atoms with Crippen LogP contribution >= 0.6 is 0 Å². The molecule has 2 heterocycles. The van der Waals surface area contributed by atoms with Crippen molar-refractivity contribution in [2.75, 3.05) is 4.90 Å². The highest BCUT2D eigenvalue weighted by Gasteiger charge is 2.17. The molecule has 2 aromatic heterocycles. The first-order valence-electron chi connectivity index (χ1n) is 24.3. The van der Waals surface area contributed by atoms with Gasteiger partial charge in [0, 0.05) is 44.3 Å². The third-order valence-corrected chi connectivity index (χ3v) is 14.4. The highest BCUT2D eigenvalue weighted by molar-refractivity contribution is 6.10. The Morgan fingerprint density at radius 1 is 0.254 bits per heavy atom. The zero-order chi connectivity index (χ0) is 46.8. The molecule has 3 heteroatoms. The summed E-state index contributed by atoms with van der Waals surface area (Å²) < 4.78 is 8.67. The second kappa shape index (κ2) is 16.7. The molecule has 12 aromatic carbocycles. The maximum Gasteiger partial charge on any atom is 0.136 e. The molecular weight excluding hydrogens is 861 g/mol. The highest BCUT2D eigenvalue weighted by Crippen LogP contribution is 2.41. The largest absolute Gasteiger partial charge is 0.456 e. The number of aromatic nitrogens is 1. The fourth-order valence-corrected chi connectivity index (χ4v) is 10.9. The average molecular weight is 905 g/mol. The Balaban J connectivity index is 0.823. The Morgan fingerprint density at radius 2 is 0.732 bits per heavy atom. The second-order valence-electron chi connectivity index (χ2n) is 18.5. The molecule has 0 N–H and O–H groups in total. The minimum atomic E-state index is 0.895. The number of furan rings is 1. The quantitative estimate of drug-likeness (QED) is 0.142. The van der Waals surface area contributed by atoms with Crippen LogP contribution in [0.5, 0.6) is 0 Å². The van der Waals surface area contributed by atoms with E-state index in [9.17, 15) is 0 Å². The summed E-state index contributed by atoms with van der Waals surface area (Å²) in [5.41, 5.74) is 17.8. The number of benzene rings is 12. The fourth-order valence-electron chi connectivity index (χ4n) is 10.9. The van der Waals surface area contributed by atoms with Gasteiger partial charge in [-0.1, -0.05) is 176 Å². The summed E-state index contributed by atoms with van der Waals surface area (Å²) in [5, 5.41) is 9.82. The number of nitrogens with zero attached hydrogens (tertiary/aromatic N) is 2. The third kappa shape index (κ3) is 7.06. The molecule has 0 aliphatic heterocycles. The average Bonchev–Trinajstić information content (AvgIpc) is 3.99. The van der Waals surface area contributed by atoms with E-state index in [-0.39, 0.29) is 0 Å². The van der Waals surface area contributed by atoms with E-state index in [4.69, 9.17) is 4.42 Å². The second-order valence-corrected chi connectivity index (χ2v) is 18.5. The van der Waals surface area contributed by atoms with Gasteiger partial charge in [0.25, 0.3) is 0 Å². The van der Waals surface area contributed by atoms with Crippen LogP contribution in [0.3, 0.4) is 0 Å². The molecule has 0 aliphatic carbocycles. The van der Waals surface area contributed by atoms with Gasteiger partial charge in [-0.3, -0.25) is 0 Å². The zero-order valence-corrected chi connectivity index (χ0v) is 38.7. The van der Waals surface area contributed by atoms with E-state index in [2.05, 4.69) is 264 Å². The summed E-state index contributed by atoms with van der Waals surface area (Å²) in [6.45, 7) is 0. The summed E-state index contributed by atoms with van der Waals surface area (Å²) in [6.07, 6.45) is 0. The molecule has 0 bridgehead atoms. The number of hydrogen-bond acceptors (Lipinski definition) is 2. The topological polar surface area (TPSA) is 21.3 Å². The van der Waals surface area contributed by atoms with Gasteiger partial charge in [0.15, 0.2) is 0 Å². The first-order chi connectivity index (χ1) is 35.2. The Bertz CT molecular complexity index is 4290. The van der Waals surface area contributed by atoms with Crippen LogP contribution in [0, 0.1) is 0 Å². The van der Waals surface area contributed by atoms with E-state index in [0.717, 1.165) is 66.9 Å². The molecular formula is C68H44N2O. The van der Waals surface area contributed by atoms with Crippen molar-refractivity contribution in [2.24, 2.45) is 0 Å². The molecule has 0 atom stereocenters. The fraction of sp³-hybridized carbons (Fsp3) is 0. The molecule has 0 saturated heterocycles. The SMILES string of the molecule is c1cc(-c2ccc(N(c3ccc(-c4ccc5c(c4)oc4ccccc45)cc3)c3cccc(-c4ccc5c(ccc6ccccc65)c4)c3)cc2)cc(-c2cccc(-n3c4ccccc4c4ccccc43)c2)c1. The number of rotatable bonds is 8. The minimum absolute atomic E-state index is 0.895. The molecule has 71 heavy (non-hydrogen) atoms. The van der Waals surface area contributed by atoms with Gasteiger partial charge in [0.05, 0.1) is 11.0 Å². The van der Waals surface area contributed by atoms with Crippen LogP contribution in [0.15, 0.2) is 271 Å². The number of anilines is 3. The Labute approximate surface area is 411 Å². The van der Waals surface area contributed by atoms with Crippen molar-refractivity contribution in [2.45, 2.75) is 0 Å². The Kier molecular flexibility index (Phi) is 9.53. The van der Waals surface area contributed by atoms with Crippen molar-refractivity contribution in [1.29, 1.82) is 0 Å². The molecule has 3 nitrogen and oxygen atoms in total. The molecule has 0 fully saturated rings. The molecule has 332 valence electrons. The standard InChI is InChI=1S/C68H44N2O/c1-2-19-59-47(12-1)26-27-54-41-52(32-38-60(54)59)51-16-10-17-57(42-51)69(56-36-30-46(31-37-56)53-33-39-64-63-22-5-8-25-67(63)71-68(64)44-53)55-34-28-45(29-35-55)48-13-9-14-49(40-48)50-15-11-18-58(43-50)70-65-23-6-3-20-61(65)62-21-4-7-24-66(62)70/h1-44H. The van der Waals surface area contributed by atoms with E-state index in [1.165, 1.54) is 65.6 Å². The molecule has 0 amide bonds. The summed E-state index contributed by atoms with van der Waals surface area (Å²) >= 11 is 0. The molecule has 14 rings (SSSR count). The monoisotopic (exact) mass is 904 g/mol. The Hall–Kier alpha value is -9.44. The van der Waals surface area contributed by atoms with Gasteiger partial charge < -0.3 is 13.9 Å². The lowest BCUT2D eigenvalue weighted by Crippen LogP contribution is -2.10. The van der Waals surface area contributed by atoms with Crippen LogP contribution in [0.1, 0.15) is 0 Å². The number of hydrogen-bond donors (Lipinski definition) is 0. The van der Waals surface area contributed by atoms with Gasteiger partial charge in [-0.25, -0.2) is 0 Å². The first-order valence-corrected chi connectivity index (χ1v) is 24.3. The van der Waals surface area contributed by atoms with Crippen molar-refractivity contribution < 1.29 is 4.42 Å². The lowest BCUT2D eigenvalue weighted by Gasteiger charge is -2.26. The van der Waals surface area contributed by atoms with Crippen molar-refractivity contribution in [3.05, 3.63) is 267 Å². The maximum absolute atomic E-state index is 6.29. The van der Waals surface area contributed by atoms with Gasteiger partial charge in [-0.2, -0.15) is 0 Å². The molecule has 0 unspecified atom stereocenters. The highest BCUT2D eigenvalue weighted by atomic mass is 16.3. The van der Waals surface area contributed by atoms with Crippen LogP contribution in [-0.2, 0) is 0 Å². The van der Waals surface area contributed by atoms with Crippen LogP contribution in [-0.4, -0.2) is 4.57 Å². The minimum Gasteiger partial charge on any atom is -0.456 e. The Morgan fingerprint density at radius 3 is 1.45 bits per heavy atom. The molecule has 14 aromatic rings. The van der Waals surface area contributed by atoms with Gasteiger partial charge in [-0.15, -0.1) is 0 Å². The summed E-state index contributed by atoms with van der Waals surface area (Å²) in [7, 11) is 0. The van der Waals surface area contributed by atoms with Gasteiger partial charge in [0.1, 0.15) is 11.2 Å². The lowest BCUT2D eigenvalue weighted by atomic mass is 9.97. The summed E-state index contributed by atoms with van der Waals surface area (Å²) in [4.78, 5) is 2.37. The number of fused-ring (bicyclic) bond motifs is 9. The van der Waals surface area contributed by atoms with E-state index in [0.29, 0.717) is 0 Å². The van der Waals surface area contributed by atoms with Crippen LogP contribution < -0.4 is 4.90 Å². The predicted octanol–water partition coefficient (Wildman–Crippen LogP) is 19.1. The van der Waals surface area contributed by atoms with E-state index >= 15 is 0 Å². The summed E-state index contributed by atoms with van der Waals surface area (Å²) in [6, 6.07) is 96.8. The normalized spacial score (nSPS) is 11.7. The van der Waals surface area contributed by atoms with E-state index in [1.54, 1.807) is 0 Å².